The van der Waals surface area contributed by atoms with Crippen molar-refractivity contribution < 1.29 is 15.0 Å². The van der Waals surface area contributed by atoms with Crippen LogP contribution in [0, 0.1) is 0 Å². The fourth-order valence-corrected chi connectivity index (χ4v) is 7.36. The SMILES string of the molecule is CCCCCCC/C=C\C/C=C\CCCCCCCCCCCCCCCCCCCC(=O)NC(CO)C(O)/C=C/CC/C=C/CC/C=C/CCCCCCCC. The van der Waals surface area contributed by atoms with Crippen LogP contribution in [-0.4, -0.2) is 34.9 Å². The largest absolute Gasteiger partial charge is 0.394 e. The molecule has 2 atom stereocenters. The highest BCUT2D eigenvalue weighted by Crippen LogP contribution is 2.15. The molecule has 0 aliphatic carbocycles. The maximum Gasteiger partial charge on any atom is 0.220 e. The predicted molar refractivity (Wildman–Crippen MR) is 253 cm³/mol. The number of nitrogens with one attached hydrogen (secondary N) is 1. The minimum absolute atomic E-state index is 0.0775. The lowest BCUT2D eigenvalue weighted by atomic mass is 10.0. The Balaban J connectivity index is 3.53. The van der Waals surface area contributed by atoms with E-state index in [1.165, 1.54) is 186 Å². The number of carbonyl (C=O) groups excluding carboxylic acids is 1. The molecule has 4 heteroatoms. The lowest BCUT2D eigenvalue weighted by molar-refractivity contribution is -0.123. The average Bonchev–Trinajstić information content (AvgIpc) is 3.22. The number of amides is 1. The van der Waals surface area contributed by atoms with Gasteiger partial charge in [0.2, 0.25) is 5.91 Å². The first kappa shape index (κ1) is 55.1. The molecular formula is C53H97NO3. The van der Waals surface area contributed by atoms with Crippen molar-refractivity contribution in [2.24, 2.45) is 0 Å². The summed E-state index contributed by atoms with van der Waals surface area (Å²) in [5.41, 5.74) is 0. The van der Waals surface area contributed by atoms with E-state index in [0.29, 0.717) is 6.42 Å². The number of unbranched alkanes of at least 4 members (excludes halogenated alkanes) is 30. The molecule has 0 saturated heterocycles. The summed E-state index contributed by atoms with van der Waals surface area (Å²) in [7, 11) is 0. The molecule has 0 aromatic rings. The smallest absolute Gasteiger partial charge is 0.220 e. The second-order valence-electron chi connectivity index (χ2n) is 16.9. The van der Waals surface area contributed by atoms with Crippen molar-refractivity contribution >= 4 is 5.91 Å². The maximum absolute atomic E-state index is 12.4. The summed E-state index contributed by atoms with van der Waals surface area (Å²) in [5, 5.41) is 23.0. The summed E-state index contributed by atoms with van der Waals surface area (Å²) < 4.78 is 0. The monoisotopic (exact) mass is 796 g/mol. The summed E-state index contributed by atoms with van der Waals surface area (Å²) in [5.74, 6) is -0.0775. The van der Waals surface area contributed by atoms with Crippen LogP contribution in [0.25, 0.3) is 0 Å². The van der Waals surface area contributed by atoms with E-state index in [2.05, 4.69) is 67.8 Å². The highest BCUT2D eigenvalue weighted by Gasteiger charge is 2.17. The fraction of sp³-hybridized carbons (Fsp3) is 0.792. The summed E-state index contributed by atoms with van der Waals surface area (Å²) in [6, 6.07) is -0.646. The van der Waals surface area contributed by atoms with E-state index < -0.39 is 12.1 Å². The molecule has 0 saturated carbocycles. The van der Waals surface area contributed by atoms with Gasteiger partial charge in [0.05, 0.1) is 18.8 Å². The molecule has 0 rings (SSSR count). The first-order valence-corrected chi connectivity index (χ1v) is 25.0. The lowest BCUT2D eigenvalue weighted by Crippen LogP contribution is -2.45. The topological polar surface area (TPSA) is 69.6 Å². The second kappa shape index (κ2) is 48.5. The molecule has 0 bridgehead atoms. The van der Waals surface area contributed by atoms with E-state index in [9.17, 15) is 15.0 Å². The predicted octanol–water partition coefficient (Wildman–Crippen LogP) is 16.1. The number of hydrogen-bond donors (Lipinski definition) is 3. The molecular weight excluding hydrogens is 699 g/mol. The van der Waals surface area contributed by atoms with Crippen molar-refractivity contribution in [1.29, 1.82) is 0 Å². The molecule has 2 unspecified atom stereocenters. The average molecular weight is 796 g/mol. The molecule has 332 valence electrons. The minimum Gasteiger partial charge on any atom is -0.394 e. The first-order valence-electron chi connectivity index (χ1n) is 25.0. The maximum atomic E-state index is 12.4. The summed E-state index contributed by atoms with van der Waals surface area (Å²) in [4.78, 5) is 12.4. The normalized spacial score (nSPS) is 13.4. The molecule has 57 heavy (non-hydrogen) atoms. The fourth-order valence-electron chi connectivity index (χ4n) is 7.36. The highest BCUT2D eigenvalue weighted by atomic mass is 16.3. The molecule has 0 fully saturated rings. The van der Waals surface area contributed by atoms with Gasteiger partial charge in [0.25, 0.3) is 0 Å². The molecule has 1 amide bonds. The first-order chi connectivity index (χ1) is 28.2. The molecule has 0 radical (unpaired) electrons. The van der Waals surface area contributed by atoms with Crippen molar-refractivity contribution in [2.45, 2.75) is 264 Å². The van der Waals surface area contributed by atoms with E-state index in [1.807, 2.05) is 6.08 Å². The van der Waals surface area contributed by atoms with E-state index in [-0.39, 0.29) is 12.5 Å². The number of hydrogen-bond acceptors (Lipinski definition) is 3. The van der Waals surface area contributed by atoms with Crippen LogP contribution in [0.1, 0.15) is 251 Å². The Hall–Kier alpha value is -1.91. The van der Waals surface area contributed by atoms with Crippen molar-refractivity contribution in [3.63, 3.8) is 0 Å². The van der Waals surface area contributed by atoms with Crippen LogP contribution in [0.4, 0.5) is 0 Å². The third-order valence-electron chi connectivity index (χ3n) is 11.2. The Morgan fingerprint density at radius 1 is 0.421 bits per heavy atom. The third kappa shape index (κ3) is 45.0. The van der Waals surface area contributed by atoms with Crippen LogP contribution in [0.2, 0.25) is 0 Å². The standard InChI is InChI=1S/C53H97NO3/c1-3-5-7-9-11-13-15-17-19-21-22-23-24-25-26-27-28-29-30-31-32-33-35-37-39-41-43-45-47-49-53(57)54-51(50-55)52(56)48-46-44-42-40-38-36-34-20-18-16-14-12-10-8-6-4-2/h15,17-18,20-22,38,40,46,48,51-52,55-56H,3-14,16,19,23-37,39,41-45,47,49-50H2,1-2H3,(H,54,57)/b17-15-,20-18+,22-21-,40-38+,48-46+. The third-order valence-corrected chi connectivity index (χ3v) is 11.2. The Labute approximate surface area is 356 Å². The van der Waals surface area contributed by atoms with Gasteiger partial charge in [-0.15, -0.1) is 0 Å². The van der Waals surface area contributed by atoms with Crippen LogP contribution >= 0.6 is 0 Å². The number of aliphatic hydroxyl groups excluding tert-OH is 2. The zero-order valence-electron chi connectivity index (χ0n) is 38.1. The molecule has 4 nitrogen and oxygen atoms in total. The van der Waals surface area contributed by atoms with Gasteiger partial charge < -0.3 is 15.5 Å². The van der Waals surface area contributed by atoms with Crippen LogP contribution in [0.3, 0.4) is 0 Å². The Morgan fingerprint density at radius 3 is 1.12 bits per heavy atom. The van der Waals surface area contributed by atoms with Crippen molar-refractivity contribution in [3.05, 3.63) is 60.8 Å². The van der Waals surface area contributed by atoms with Crippen molar-refractivity contribution in [1.82, 2.24) is 5.32 Å². The number of rotatable bonds is 45. The summed E-state index contributed by atoms with van der Waals surface area (Å²) in [6.07, 6.45) is 67.8. The number of aliphatic hydroxyl groups is 2. The quantitative estimate of drug-likeness (QED) is 0.0425. The van der Waals surface area contributed by atoms with Gasteiger partial charge in [-0.1, -0.05) is 229 Å². The van der Waals surface area contributed by atoms with Gasteiger partial charge in [-0.3, -0.25) is 4.79 Å². The van der Waals surface area contributed by atoms with Crippen LogP contribution < -0.4 is 5.32 Å². The molecule has 0 spiro atoms. The van der Waals surface area contributed by atoms with Crippen LogP contribution in [0.15, 0.2) is 60.8 Å². The lowest BCUT2D eigenvalue weighted by Gasteiger charge is -2.19. The van der Waals surface area contributed by atoms with Gasteiger partial charge in [-0.25, -0.2) is 0 Å². The summed E-state index contributed by atoms with van der Waals surface area (Å²) in [6.45, 7) is 4.28. The molecule has 0 aromatic carbocycles. The van der Waals surface area contributed by atoms with E-state index in [1.54, 1.807) is 6.08 Å². The molecule has 0 aliphatic rings. The second-order valence-corrected chi connectivity index (χ2v) is 16.9. The summed E-state index contributed by atoms with van der Waals surface area (Å²) >= 11 is 0. The van der Waals surface area contributed by atoms with Gasteiger partial charge in [0.1, 0.15) is 0 Å². The number of allylic oxidation sites excluding steroid dienone is 9. The molecule has 0 aliphatic heterocycles. The molecule has 0 aromatic heterocycles. The van der Waals surface area contributed by atoms with Gasteiger partial charge in [-0.2, -0.15) is 0 Å². The van der Waals surface area contributed by atoms with Gasteiger partial charge in [-0.05, 0) is 77.0 Å². The van der Waals surface area contributed by atoms with Gasteiger partial charge in [0.15, 0.2) is 0 Å². The van der Waals surface area contributed by atoms with Crippen LogP contribution in [0.5, 0.6) is 0 Å². The van der Waals surface area contributed by atoms with Gasteiger partial charge in [0, 0.05) is 6.42 Å². The Kier molecular flexibility index (Phi) is 46.8. The van der Waals surface area contributed by atoms with Crippen molar-refractivity contribution in [3.8, 4) is 0 Å². The zero-order valence-corrected chi connectivity index (χ0v) is 38.1. The molecule has 3 N–H and O–H groups in total. The minimum atomic E-state index is -0.870. The van der Waals surface area contributed by atoms with Gasteiger partial charge >= 0.3 is 0 Å². The molecule has 0 heterocycles. The number of carbonyl (C=O) groups is 1. The van der Waals surface area contributed by atoms with E-state index in [0.717, 1.165) is 44.9 Å². The Morgan fingerprint density at radius 2 is 0.737 bits per heavy atom. The van der Waals surface area contributed by atoms with E-state index in [4.69, 9.17) is 0 Å². The van der Waals surface area contributed by atoms with E-state index >= 15 is 0 Å². The Bertz CT molecular complexity index is 950. The van der Waals surface area contributed by atoms with Crippen molar-refractivity contribution in [2.75, 3.05) is 6.61 Å². The van der Waals surface area contributed by atoms with Crippen LogP contribution in [-0.2, 0) is 4.79 Å². The highest BCUT2D eigenvalue weighted by molar-refractivity contribution is 5.76. The zero-order chi connectivity index (χ0) is 41.4.